The summed E-state index contributed by atoms with van der Waals surface area (Å²) in [4.78, 5) is 38.5. The largest absolute Gasteiger partial charge is 0.493 e. The van der Waals surface area contributed by atoms with Crippen molar-refractivity contribution < 1.29 is 23.9 Å². The van der Waals surface area contributed by atoms with Gasteiger partial charge in [0, 0.05) is 4.47 Å². The van der Waals surface area contributed by atoms with Gasteiger partial charge in [0.15, 0.2) is 11.5 Å². The summed E-state index contributed by atoms with van der Waals surface area (Å²) in [7, 11) is 1.47. The minimum atomic E-state index is -0.576. The molecule has 0 spiro atoms. The maximum atomic E-state index is 12.8. The monoisotopic (exact) mass is 534 g/mol. The lowest BCUT2D eigenvalue weighted by Gasteiger charge is -2.13. The van der Waals surface area contributed by atoms with E-state index in [2.05, 4.69) is 27.2 Å². The van der Waals surface area contributed by atoms with E-state index < -0.39 is 23.6 Å². The fourth-order valence-corrected chi connectivity index (χ4v) is 4.18. The third kappa shape index (κ3) is 5.46. The smallest absolute Gasteiger partial charge is 0.294 e. The van der Waals surface area contributed by atoms with Crippen LogP contribution in [0.1, 0.15) is 5.56 Å². The molecule has 1 aliphatic heterocycles. The third-order valence-electron chi connectivity index (χ3n) is 4.20. The van der Waals surface area contributed by atoms with Gasteiger partial charge in [-0.2, -0.15) is 0 Å². The highest BCUT2D eigenvalue weighted by molar-refractivity contribution is 9.10. The summed E-state index contributed by atoms with van der Waals surface area (Å²) in [6, 6.07) is 9.97. The Hall–Kier alpha value is -2.93. The van der Waals surface area contributed by atoms with Gasteiger partial charge in [-0.1, -0.05) is 45.6 Å². The van der Waals surface area contributed by atoms with E-state index in [1.807, 2.05) is 0 Å². The van der Waals surface area contributed by atoms with Gasteiger partial charge in [0.05, 0.1) is 22.7 Å². The van der Waals surface area contributed by atoms with Crippen molar-refractivity contribution in [3.05, 3.63) is 56.4 Å². The fraction of sp³-hybridized carbons (Fsp3) is 0.136. The van der Waals surface area contributed by atoms with Crippen LogP contribution in [0, 0.1) is 12.3 Å². The number of para-hydroxylation sites is 1. The van der Waals surface area contributed by atoms with E-state index in [1.165, 1.54) is 13.2 Å². The summed E-state index contributed by atoms with van der Waals surface area (Å²) < 4.78 is 11.4. The molecule has 3 amide bonds. The topological polar surface area (TPSA) is 84.9 Å². The molecular formula is C22H16BrClN2O5S. The van der Waals surface area contributed by atoms with E-state index in [4.69, 9.17) is 27.5 Å². The van der Waals surface area contributed by atoms with E-state index in [-0.39, 0.29) is 11.5 Å². The molecule has 164 valence electrons. The average molecular weight is 536 g/mol. The van der Waals surface area contributed by atoms with Gasteiger partial charge in [-0.25, -0.2) is 0 Å². The molecule has 0 aromatic heterocycles. The highest BCUT2D eigenvalue weighted by Crippen LogP contribution is 2.38. The Morgan fingerprint density at radius 3 is 2.75 bits per heavy atom. The first-order valence-corrected chi connectivity index (χ1v) is 11.1. The second kappa shape index (κ2) is 10.6. The highest BCUT2D eigenvalue weighted by atomic mass is 79.9. The maximum absolute atomic E-state index is 12.8. The van der Waals surface area contributed by atoms with Crippen LogP contribution >= 0.6 is 39.3 Å². The van der Waals surface area contributed by atoms with Crippen molar-refractivity contribution in [2.24, 2.45) is 0 Å². The molecule has 0 bridgehead atoms. The number of thioether (sulfide) groups is 1. The Morgan fingerprint density at radius 1 is 1.31 bits per heavy atom. The zero-order valence-electron chi connectivity index (χ0n) is 16.7. The van der Waals surface area contributed by atoms with Gasteiger partial charge in [0.1, 0.15) is 13.2 Å². The molecule has 7 nitrogen and oxygen atoms in total. The van der Waals surface area contributed by atoms with Crippen LogP contribution in [0.5, 0.6) is 11.5 Å². The van der Waals surface area contributed by atoms with Crippen molar-refractivity contribution in [1.29, 1.82) is 0 Å². The molecule has 1 heterocycles. The molecule has 10 heteroatoms. The van der Waals surface area contributed by atoms with E-state index in [1.54, 1.807) is 36.4 Å². The van der Waals surface area contributed by atoms with Gasteiger partial charge >= 0.3 is 0 Å². The number of amides is 3. The van der Waals surface area contributed by atoms with E-state index in [9.17, 15) is 14.4 Å². The summed E-state index contributed by atoms with van der Waals surface area (Å²) in [5.74, 6) is 2.10. The Labute approximate surface area is 202 Å². The lowest BCUT2D eigenvalue weighted by atomic mass is 10.2. The van der Waals surface area contributed by atoms with Gasteiger partial charge in [0.25, 0.3) is 11.1 Å². The maximum Gasteiger partial charge on any atom is 0.294 e. The first-order valence-electron chi connectivity index (χ1n) is 9.07. The predicted molar refractivity (Wildman–Crippen MR) is 128 cm³/mol. The molecule has 0 atom stereocenters. The number of hydrogen-bond acceptors (Lipinski definition) is 6. The van der Waals surface area contributed by atoms with Crippen LogP contribution in [-0.2, 0) is 9.59 Å². The van der Waals surface area contributed by atoms with E-state index in [0.29, 0.717) is 32.2 Å². The summed E-state index contributed by atoms with van der Waals surface area (Å²) in [5.41, 5.74) is 0.978. The van der Waals surface area contributed by atoms with Crippen LogP contribution in [-0.4, -0.2) is 42.2 Å². The van der Waals surface area contributed by atoms with Crippen molar-refractivity contribution in [1.82, 2.24) is 4.90 Å². The summed E-state index contributed by atoms with van der Waals surface area (Å²) in [6.45, 7) is -0.367. The zero-order valence-corrected chi connectivity index (χ0v) is 19.8. The first kappa shape index (κ1) is 23.7. The van der Waals surface area contributed by atoms with Crippen molar-refractivity contribution >= 4 is 68.1 Å². The number of methoxy groups -OCH3 is 1. The van der Waals surface area contributed by atoms with Gasteiger partial charge in [-0.3, -0.25) is 19.3 Å². The molecule has 2 aromatic rings. The minimum absolute atomic E-state index is 0.0668. The van der Waals surface area contributed by atoms with Gasteiger partial charge in [-0.15, -0.1) is 6.42 Å². The minimum Gasteiger partial charge on any atom is -0.493 e. The number of nitrogens with zero attached hydrogens (tertiary/aromatic N) is 1. The lowest BCUT2D eigenvalue weighted by molar-refractivity contribution is -0.127. The average Bonchev–Trinajstić information content (AvgIpc) is 3.02. The molecule has 0 radical (unpaired) electrons. The van der Waals surface area contributed by atoms with Crippen molar-refractivity contribution in [3.63, 3.8) is 0 Å². The Balaban J connectivity index is 1.77. The number of terminal acetylenes is 1. The number of ether oxygens (including phenoxy) is 2. The number of nitrogens with one attached hydrogen (secondary N) is 1. The molecule has 0 saturated carbocycles. The highest BCUT2D eigenvalue weighted by Gasteiger charge is 2.36. The quantitative estimate of drug-likeness (QED) is 0.405. The predicted octanol–water partition coefficient (Wildman–Crippen LogP) is 4.80. The van der Waals surface area contributed by atoms with E-state index >= 15 is 0 Å². The van der Waals surface area contributed by atoms with Crippen LogP contribution in [0.2, 0.25) is 5.02 Å². The van der Waals surface area contributed by atoms with Gasteiger partial charge in [-0.05, 0) is 47.7 Å². The van der Waals surface area contributed by atoms with Crippen molar-refractivity contribution in [2.45, 2.75) is 0 Å². The molecule has 3 rings (SSSR count). The number of rotatable bonds is 7. The van der Waals surface area contributed by atoms with Gasteiger partial charge in [0.2, 0.25) is 5.91 Å². The van der Waals surface area contributed by atoms with Crippen LogP contribution in [0.3, 0.4) is 0 Å². The van der Waals surface area contributed by atoms with E-state index in [0.717, 1.165) is 16.7 Å². The number of carbonyl (C=O) groups excluding carboxylic acids is 3. The number of halogens is 2. The Morgan fingerprint density at radius 2 is 2.06 bits per heavy atom. The molecule has 1 N–H and O–H groups in total. The molecule has 0 aliphatic carbocycles. The van der Waals surface area contributed by atoms with Crippen molar-refractivity contribution in [2.75, 3.05) is 25.6 Å². The zero-order chi connectivity index (χ0) is 23.3. The number of imide groups is 1. The molecular weight excluding hydrogens is 520 g/mol. The summed E-state index contributed by atoms with van der Waals surface area (Å²) >= 11 is 10.2. The number of benzene rings is 2. The standard InChI is InChI=1S/C22H16BrClN2O5S/c1-3-8-31-18-11-14(23)13(9-17(18)30-2)10-19-21(28)26(22(29)32-19)12-20(27)25-16-7-5-4-6-15(16)24/h1,4-7,9-11H,8,12H2,2H3,(H,25,27)/b19-10+. The second-order valence-corrected chi connectivity index (χ2v) is 8.57. The Kier molecular flexibility index (Phi) is 7.85. The second-order valence-electron chi connectivity index (χ2n) is 6.31. The Bertz CT molecular complexity index is 1160. The van der Waals surface area contributed by atoms with Crippen molar-refractivity contribution in [3.8, 4) is 23.8 Å². The molecule has 32 heavy (non-hydrogen) atoms. The molecule has 1 fully saturated rings. The third-order valence-corrected chi connectivity index (χ3v) is 6.13. The molecule has 1 aliphatic rings. The lowest BCUT2D eigenvalue weighted by Crippen LogP contribution is -2.36. The van der Waals surface area contributed by atoms with Gasteiger partial charge < -0.3 is 14.8 Å². The summed E-state index contributed by atoms with van der Waals surface area (Å²) in [5, 5.41) is 2.39. The SMILES string of the molecule is C#CCOc1cc(Br)c(/C=C2/SC(=O)N(CC(=O)Nc3ccccc3Cl)C2=O)cc1OC. The van der Waals surface area contributed by atoms with Crippen LogP contribution in [0.25, 0.3) is 6.08 Å². The van der Waals surface area contributed by atoms with Crippen LogP contribution in [0.15, 0.2) is 45.8 Å². The van der Waals surface area contributed by atoms with Crippen LogP contribution in [0.4, 0.5) is 10.5 Å². The first-order chi connectivity index (χ1) is 15.3. The fourth-order valence-electron chi connectivity index (χ4n) is 2.73. The van der Waals surface area contributed by atoms with Crippen LogP contribution < -0.4 is 14.8 Å². The molecule has 1 saturated heterocycles. The normalized spacial score (nSPS) is 14.4. The number of carbonyl (C=O) groups is 3. The number of hydrogen-bond donors (Lipinski definition) is 1. The molecule has 0 unspecified atom stereocenters. The summed E-state index contributed by atoms with van der Waals surface area (Å²) in [6.07, 6.45) is 6.76. The molecule has 2 aromatic carbocycles. The number of anilines is 1.